The number of aromatic nitrogens is 1. The highest BCUT2D eigenvalue weighted by Gasteiger charge is 2.25. The van der Waals surface area contributed by atoms with E-state index in [1.807, 2.05) is 0 Å². The SMILES string of the molecule is CN(Cc1ccccc1[N+](=O)[O-])S(=O)(=O)c1cnc(Cl)s1. The van der Waals surface area contributed by atoms with Gasteiger partial charge >= 0.3 is 0 Å². The van der Waals surface area contributed by atoms with Crippen LogP contribution in [0.5, 0.6) is 0 Å². The normalized spacial score (nSPS) is 11.8. The molecular formula is C11H10ClN3O4S2. The number of halogens is 1. The molecule has 0 atom stereocenters. The van der Waals surface area contributed by atoms with E-state index in [9.17, 15) is 18.5 Å². The van der Waals surface area contributed by atoms with E-state index >= 15 is 0 Å². The average molecular weight is 348 g/mol. The Kier molecular flexibility index (Phi) is 4.57. The zero-order valence-corrected chi connectivity index (χ0v) is 13.2. The van der Waals surface area contributed by atoms with Crippen LogP contribution in [0.25, 0.3) is 0 Å². The molecule has 21 heavy (non-hydrogen) atoms. The van der Waals surface area contributed by atoms with Crippen LogP contribution in [0.4, 0.5) is 5.69 Å². The second-order valence-corrected chi connectivity index (χ2v) is 7.96. The molecule has 0 amide bonds. The molecule has 0 unspecified atom stereocenters. The van der Waals surface area contributed by atoms with Gasteiger partial charge in [0.05, 0.1) is 11.1 Å². The van der Waals surface area contributed by atoms with Crippen molar-refractivity contribution in [3.05, 3.63) is 50.6 Å². The first kappa shape index (κ1) is 15.8. The highest BCUT2D eigenvalue weighted by atomic mass is 35.5. The number of nitro groups is 1. The van der Waals surface area contributed by atoms with E-state index in [1.54, 1.807) is 6.07 Å². The van der Waals surface area contributed by atoms with Crippen molar-refractivity contribution in [3.8, 4) is 0 Å². The van der Waals surface area contributed by atoms with Crippen molar-refractivity contribution < 1.29 is 13.3 Å². The van der Waals surface area contributed by atoms with Gasteiger partial charge in [-0.15, -0.1) is 0 Å². The van der Waals surface area contributed by atoms with Gasteiger partial charge in [0.25, 0.3) is 15.7 Å². The number of benzene rings is 1. The zero-order chi connectivity index (χ0) is 15.6. The topological polar surface area (TPSA) is 93.4 Å². The van der Waals surface area contributed by atoms with Crippen molar-refractivity contribution in [2.75, 3.05) is 7.05 Å². The first-order valence-corrected chi connectivity index (χ1v) is 8.26. The summed E-state index contributed by atoms with van der Waals surface area (Å²) in [5, 5.41) is 10.9. The second-order valence-electron chi connectivity index (χ2n) is 4.08. The van der Waals surface area contributed by atoms with Crippen LogP contribution in [0, 0.1) is 10.1 Å². The van der Waals surface area contributed by atoms with E-state index < -0.39 is 14.9 Å². The fourth-order valence-corrected chi connectivity index (χ4v) is 4.31. The number of rotatable bonds is 5. The molecule has 0 N–H and O–H groups in total. The number of hydrogen-bond donors (Lipinski definition) is 0. The Morgan fingerprint density at radius 1 is 1.43 bits per heavy atom. The number of nitro benzene ring substituents is 1. The van der Waals surface area contributed by atoms with Crippen LogP contribution < -0.4 is 0 Å². The van der Waals surface area contributed by atoms with Gasteiger partial charge in [0.2, 0.25) is 0 Å². The predicted octanol–water partition coefficient (Wildman–Crippen LogP) is 2.53. The summed E-state index contributed by atoms with van der Waals surface area (Å²) in [6.07, 6.45) is 1.16. The Balaban J connectivity index is 2.30. The molecule has 1 heterocycles. The molecular weight excluding hydrogens is 338 g/mol. The van der Waals surface area contributed by atoms with Crippen LogP contribution >= 0.6 is 22.9 Å². The van der Waals surface area contributed by atoms with E-state index in [4.69, 9.17) is 11.6 Å². The van der Waals surface area contributed by atoms with Crippen molar-refractivity contribution in [1.29, 1.82) is 0 Å². The third kappa shape index (κ3) is 3.38. The lowest BCUT2D eigenvalue weighted by molar-refractivity contribution is -0.385. The molecule has 0 spiro atoms. The predicted molar refractivity (Wildman–Crippen MR) is 78.9 cm³/mol. The molecule has 1 aromatic carbocycles. The van der Waals surface area contributed by atoms with Gasteiger partial charge in [-0.1, -0.05) is 41.1 Å². The number of sulfonamides is 1. The summed E-state index contributed by atoms with van der Waals surface area (Å²) < 4.78 is 25.7. The minimum atomic E-state index is -3.78. The lowest BCUT2D eigenvalue weighted by Gasteiger charge is -2.15. The summed E-state index contributed by atoms with van der Waals surface area (Å²) in [6.45, 7) is -0.116. The maximum atomic E-state index is 12.3. The minimum Gasteiger partial charge on any atom is -0.258 e. The summed E-state index contributed by atoms with van der Waals surface area (Å²) in [7, 11) is -2.43. The average Bonchev–Trinajstić information content (AvgIpc) is 2.86. The Labute approximate surface area is 130 Å². The fraction of sp³-hybridized carbons (Fsp3) is 0.182. The summed E-state index contributed by atoms with van der Waals surface area (Å²) in [6, 6.07) is 5.99. The van der Waals surface area contributed by atoms with Gasteiger partial charge in [-0.3, -0.25) is 10.1 Å². The lowest BCUT2D eigenvalue weighted by atomic mass is 10.2. The number of nitrogens with zero attached hydrogens (tertiary/aromatic N) is 3. The lowest BCUT2D eigenvalue weighted by Crippen LogP contribution is -2.26. The molecule has 2 aromatic rings. The Morgan fingerprint density at radius 3 is 2.67 bits per heavy atom. The summed E-state index contributed by atoms with van der Waals surface area (Å²) in [5.74, 6) is 0. The van der Waals surface area contributed by atoms with Gasteiger partial charge in [-0.05, 0) is 0 Å². The second kappa shape index (κ2) is 6.06. The highest BCUT2D eigenvalue weighted by Crippen LogP contribution is 2.27. The summed E-state index contributed by atoms with van der Waals surface area (Å²) in [5.41, 5.74) is 0.186. The Hall–Kier alpha value is -1.55. The molecule has 1 aromatic heterocycles. The monoisotopic (exact) mass is 347 g/mol. The highest BCUT2D eigenvalue weighted by molar-refractivity contribution is 7.91. The standard InChI is InChI=1S/C11H10ClN3O4S2/c1-14(21(18,19)10-6-13-11(12)20-10)7-8-4-2-3-5-9(8)15(16)17/h2-6H,7H2,1H3. The van der Waals surface area contributed by atoms with Crippen LogP contribution in [-0.2, 0) is 16.6 Å². The van der Waals surface area contributed by atoms with E-state index in [2.05, 4.69) is 4.98 Å². The number of thiazole rings is 1. The van der Waals surface area contributed by atoms with E-state index in [0.29, 0.717) is 5.56 Å². The molecule has 7 nitrogen and oxygen atoms in total. The first-order chi connectivity index (χ1) is 9.82. The molecule has 0 saturated carbocycles. The van der Waals surface area contributed by atoms with Gasteiger partial charge in [0.1, 0.15) is 0 Å². The quantitative estimate of drug-likeness (QED) is 0.612. The van der Waals surface area contributed by atoms with Crippen LogP contribution in [0.2, 0.25) is 4.47 Å². The van der Waals surface area contributed by atoms with Crippen LogP contribution in [-0.4, -0.2) is 29.7 Å². The summed E-state index contributed by atoms with van der Waals surface area (Å²) in [4.78, 5) is 14.1. The Bertz CT molecular complexity index is 775. The van der Waals surface area contributed by atoms with Gasteiger partial charge in [0.15, 0.2) is 8.68 Å². The van der Waals surface area contributed by atoms with Crippen LogP contribution in [0.1, 0.15) is 5.56 Å². The summed E-state index contributed by atoms with van der Waals surface area (Å²) >= 11 is 6.47. The van der Waals surface area contributed by atoms with Crippen molar-refractivity contribution in [1.82, 2.24) is 9.29 Å². The van der Waals surface area contributed by atoms with E-state index in [1.165, 1.54) is 25.2 Å². The third-order valence-corrected chi connectivity index (χ3v) is 6.06. The van der Waals surface area contributed by atoms with Crippen molar-refractivity contribution in [2.24, 2.45) is 0 Å². The van der Waals surface area contributed by atoms with Gasteiger partial charge in [-0.25, -0.2) is 13.4 Å². The molecule has 0 radical (unpaired) electrons. The molecule has 112 valence electrons. The fourth-order valence-electron chi connectivity index (χ4n) is 1.66. The van der Waals surface area contributed by atoms with E-state index in [0.717, 1.165) is 21.8 Å². The molecule has 0 aliphatic carbocycles. The number of hydrogen-bond acceptors (Lipinski definition) is 6. The first-order valence-electron chi connectivity index (χ1n) is 5.62. The zero-order valence-electron chi connectivity index (χ0n) is 10.8. The molecule has 0 aliphatic heterocycles. The number of para-hydroxylation sites is 1. The van der Waals surface area contributed by atoms with Crippen LogP contribution in [0.3, 0.4) is 0 Å². The molecule has 0 saturated heterocycles. The van der Waals surface area contributed by atoms with Crippen molar-refractivity contribution in [2.45, 2.75) is 10.8 Å². The van der Waals surface area contributed by atoms with E-state index in [-0.39, 0.29) is 20.9 Å². The molecule has 0 bridgehead atoms. The maximum absolute atomic E-state index is 12.3. The molecule has 0 aliphatic rings. The minimum absolute atomic E-state index is 0.00594. The van der Waals surface area contributed by atoms with Crippen molar-refractivity contribution >= 4 is 38.6 Å². The van der Waals surface area contributed by atoms with Gasteiger partial charge in [-0.2, -0.15) is 4.31 Å². The van der Waals surface area contributed by atoms with Gasteiger partial charge in [0, 0.05) is 25.2 Å². The molecule has 2 rings (SSSR count). The van der Waals surface area contributed by atoms with Crippen LogP contribution in [0.15, 0.2) is 34.7 Å². The molecule has 10 heteroatoms. The van der Waals surface area contributed by atoms with Crippen molar-refractivity contribution in [3.63, 3.8) is 0 Å². The maximum Gasteiger partial charge on any atom is 0.273 e. The Morgan fingerprint density at radius 2 is 2.10 bits per heavy atom. The van der Waals surface area contributed by atoms with Gasteiger partial charge < -0.3 is 0 Å². The third-order valence-electron chi connectivity index (χ3n) is 2.70. The molecule has 0 fully saturated rings. The smallest absolute Gasteiger partial charge is 0.258 e. The largest absolute Gasteiger partial charge is 0.273 e.